The Balaban J connectivity index is 1.59. The Bertz CT molecular complexity index is 281. The molecule has 0 aliphatic carbocycles. The average Bonchev–Trinajstić information content (AvgIpc) is 2.65. The summed E-state index contributed by atoms with van der Waals surface area (Å²) >= 11 is 0. The molecule has 0 aromatic carbocycles. The van der Waals surface area contributed by atoms with Crippen LogP contribution >= 0.6 is 0 Å². The van der Waals surface area contributed by atoms with Crippen LogP contribution in [0.15, 0.2) is 0 Å². The highest BCUT2D eigenvalue weighted by atomic mass is 16.1. The highest BCUT2D eigenvalue weighted by Gasteiger charge is 2.38. The minimum Gasteiger partial charge on any atom is -0.356 e. The number of carbonyl (C=O) groups is 1. The third kappa shape index (κ3) is 4.18. The van der Waals surface area contributed by atoms with Gasteiger partial charge in [-0.05, 0) is 58.0 Å². The van der Waals surface area contributed by atoms with Gasteiger partial charge in [-0.2, -0.15) is 0 Å². The van der Waals surface area contributed by atoms with Gasteiger partial charge in [-0.15, -0.1) is 0 Å². The van der Waals surface area contributed by atoms with E-state index in [1.165, 1.54) is 25.7 Å². The summed E-state index contributed by atoms with van der Waals surface area (Å²) in [5, 5.41) is 3.12. The summed E-state index contributed by atoms with van der Waals surface area (Å²) in [5.74, 6) is 0.921. The predicted molar refractivity (Wildman–Crippen MR) is 77.8 cm³/mol. The van der Waals surface area contributed by atoms with Gasteiger partial charge in [-0.25, -0.2) is 0 Å². The fraction of sp³-hybridized carbons (Fsp3) is 0.933. The molecule has 3 N–H and O–H groups in total. The Morgan fingerprint density at radius 1 is 1.21 bits per heavy atom. The Kier molecular flexibility index (Phi) is 5.64. The van der Waals surface area contributed by atoms with Gasteiger partial charge in [0.2, 0.25) is 5.91 Å². The second-order valence-electron chi connectivity index (χ2n) is 6.29. The van der Waals surface area contributed by atoms with E-state index in [-0.39, 0.29) is 5.91 Å². The topological polar surface area (TPSA) is 58.4 Å². The lowest BCUT2D eigenvalue weighted by molar-refractivity contribution is -0.121. The molecular weight excluding hydrogens is 238 g/mol. The number of nitrogens with two attached hydrogens (primary N) is 1. The van der Waals surface area contributed by atoms with E-state index in [1.807, 2.05) is 0 Å². The van der Waals surface area contributed by atoms with E-state index < -0.39 is 0 Å². The van der Waals surface area contributed by atoms with Crippen molar-refractivity contribution in [2.45, 2.75) is 63.5 Å². The molecule has 2 aliphatic rings. The smallest absolute Gasteiger partial charge is 0.220 e. The minimum atomic E-state index is 0.225. The van der Waals surface area contributed by atoms with Crippen molar-refractivity contribution in [2.24, 2.45) is 11.7 Å². The zero-order valence-electron chi connectivity index (χ0n) is 12.2. The molecule has 2 rings (SSSR count). The first-order chi connectivity index (χ1) is 9.20. The minimum absolute atomic E-state index is 0.225. The second-order valence-corrected chi connectivity index (χ2v) is 6.29. The van der Waals surface area contributed by atoms with E-state index in [2.05, 4.69) is 17.3 Å². The fourth-order valence-electron chi connectivity index (χ4n) is 3.64. The molecular formula is C15H29N3O. The van der Waals surface area contributed by atoms with E-state index in [4.69, 9.17) is 5.73 Å². The second kappa shape index (κ2) is 7.25. The van der Waals surface area contributed by atoms with E-state index in [0.29, 0.717) is 12.3 Å². The molecule has 2 fully saturated rings. The zero-order chi connectivity index (χ0) is 13.7. The Morgan fingerprint density at radius 3 is 2.53 bits per heavy atom. The van der Waals surface area contributed by atoms with Crippen LogP contribution in [0.2, 0.25) is 0 Å². The predicted octanol–water partition coefficient (Wildman–Crippen LogP) is 1.49. The van der Waals surface area contributed by atoms with Crippen molar-refractivity contribution in [1.82, 2.24) is 10.2 Å². The molecule has 0 spiro atoms. The summed E-state index contributed by atoms with van der Waals surface area (Å²) in [7, 11) is 2.26. The van der Waals surface area contributed by atoms with Gasteiger partial charge in [-0.1, -0.05) is 6.42 Å². The van der Waals surface area contributed by atoms with E-state index in [1.54, 1.807) is 0 Å². The van der Waals surface area contributed by atoms with Crippen molar-refractivity contribution in [1.29, 1.82) is 0 Å². The number of hydrogen-bond donors (Lipinski definition) is 2. The number of piperidine rings is 1. The first-order valence-corrected chi connectivity index (χ1v) is 7.89. The molecule has 2 heterocycles. The van der Waals surface area contributed by atoms with Crippen LogP contribution in [0.3, 0.4) is 0 Å². The molecule has 4 nitrogen and oxygen atoms in total. The zero-order valence-corrected chi connectivity index (χ0v) is 12.2. The highest BCUT2D eigenvalue weighted by Crippen LogP contribution is 2.36. The molecule has 0 aromatic rings. The van der Waals surface area contributed by atoms with Gasteiger partial charge in [0.15, 0.2) is 0 Å². The molecule has 0 radical (unpaired) electrons. The van der Waals surface area contributed by atoms with Crippen LogP contribution in [0.4, 0.5) is 0 Å². The van der Waals surface area contributed by atoms with Crippen molar-refractivity contribution in [2.75, 3.05) is 20.1 Å². The van der Waals surface area contributed by atoms with Crippen LogP contribution in [-0.4, -0.2) is 43.0 Å². The fourth-order valence-corrected chi connectivity index (χ4v) is 3.64. The summed E-state index contributed by atoms with van der Waals surface area (Å²) in [6.45, 7) is 1.62. The Hall–Kier alpha value is -0.610. The number of nitrogens with zero attached hydrogens (tertiary/aromatic N) is 1. The third-order valence-electron chi connectivity index (χ3n) is 4.89. The number of carbonyl (C=O) groups excluding carboxylic acids is 1. The molecule has 0 aromatic heterocycles. The van der Waals surface area contributed by atoms with Gasteiger partial charge in [0, 0.05) is 25.0 Å². The van der Waals surface area contributed by atoms with Crippen molar-refractivity contribution < 1.29 is 4.79 Å². The molecule has 0 saturated carbocycles. The van der Waals surface area contributed by atoms with Crippen LogP contribution in [0.25, 0.3) is 0 Å². The van der Waals surface area contributed by atoms with Crippen LogP contribution in [0, 0.1) is 5.92 Å². The molecule has 2 unspecified atom stereocenters. The van der Waals surface area contributed by atoms with Crippen LogP contribution in [0.5, 0.6) is 0 Å². The van der Waals surface area contributed by atoms with Gasteiger partial charge in [0.1, 0.15) is 0 Å². The van der Waals surface area contributed by atoms with Crippen molar-refractivity contribution in [3.8, 4) is 0 Å². The molecule has 1 amide bonds. The molecule has 19 heavy (non-hydrogen) atoms. The van der Waals surface area contributed by atoms with E-state index >= 15 is 0 Å². The van der Waals surface area contributed by atoms with Crippen LogP contribution in [-0.2, 0) is 4.79 Å². The molecule has 2 aliphatic heterocycles. The number of nitrogens with one attached hydrogen (secondary N) is 1. The monoisotopic (exact) mass is 267 g/mol. The highest BCUT2D eigenvalue weighted by molar-refractivity contribution is 5.75. The SMILES string of the molecule is CN1C2CCC1CC(CNC(=O)CCCCCN)C2. The number of amides is 1. The van der Waals surface area contributed by atoms with E-state index in [9.17, 15) is 4.79 Å². The Labute approximate surface area is 117 Å². The van der Waals surface area contributed by atoms with Crippen molar-refractivity contribution >= 4 is 5.91 Å². The molecule has 2 saturated heterocycles. The van der Waals surface area contributed by atoms with E-state index in [0.717, 1.165) is 44.4 Å². The lowest BCUT2D eigenvalue weighted by atomic mass is 9.91. The van der Waals surface area contributed by atoms with Crippen molar-refractivity contribution in [3.63, 3.8) is 0 Å². The van der Waals surface area contributed by atoms with Gasteiger partial charge in [-0.3, -0.25) is 4.79 Å². The summed E-state index contributed by atoms with van der Waals surface area (Å²) in [5.41, 5.74) is 5.44. The average molecular weight is 267 g/mol. The lowest BCUT2D eigenvalue weighted by Gasteiger charge is -2.36. The first kappa shape index (κ1) is 14.8. The number of fused-ring (bicyclic) bond motifs is 2. The summed E-state index contributed by atoms with van der Waals surface area (Å²) in [6.07, 6.45) is 8.98. The molecule has 110 valence electrons. The maximum Gasteiger partial charge on any atom is 0.220 e. The quantitative estimate of drug-likeness (QED) is 0.687. The van der Waals surface area contributed by atoms with Crippen molar-refractivity contribution in [3.05, 3.63) is 0 Å². The normalized spacial score (nSPS) is 30.5. The lowest BCUT2D eigenvalue weighted by Crippen LogP contribution is -2.43. The number of unbranched alkanes of at least 4 members (excludes halogenated alkanes) is 2. The summed E-state index contributed by atoms with van der Waals surface area (Å²) < 4.78 is 0. The Morgan fingerprint density at radius 2 is 1.89 bits per heavy atom. The maximum atomic E-state index is 11.7. The third-order valence-corrected chi connectivity index (χ3v) is 4.89. The van der Waals surface area contributed by atoms with Crippen LogP contribution in [0.1, 0.15) is 51.4 Å². The largest absolute Gasteiger partial charge is 0.356 e. The molecule has 4 heteroatoms. The van der Waals surface area contributed by atoms with Gasteiger partial charge in [0.25, 0.3) is 0 Å². The summed E-state index contributed by atoms with van der Waals surface area (Å²) in [6, 6.07) is 1.54. The van der Waals surface area contributed by atoms with Gasteiger partial charge >= 0.3 is 0 Å². The number of rotatable bonds is 7. The van der Waals surface area contributed by atoms with Crippen LogP contribution < -0.4 is 11.1 Å². The number of hydrogen-bond acceptors (Lipinski definition) is 3. The van der Waals surface area contributed by atoms with Gasteiger partial charge < -0.3 is 16.0 Å². The maximum absolute atomic E-state index is 11.7. The first-order valence-electron chi connectivity index (χ1n) is 7.89. The molecule has 2 bridgehead atoms. The molecule has 2 atom stereocenters. The van der Waals surface area contributed by atoms with Gasteiger partial charge in [0.05, 0.1) is 0 Å². The standard InChI is InChI=1S/C15H29N3O/c1-18-13-6-7-14(18)10-12(9-13)11-17-15(19)5-3-2-4-8-16/h12-14H,2-11,16H2,1H3,(H,17,19). The summed E-state index contributed by atoms with van der Waals surface area (Å²) in [4.78, 5) is 14.3.